The van der Waals surface area contributed by atoms with Crippen molar-refractivity contribution in [2.45, 2.75) is 58.2 Å². The first-order valence-electron chi connectivity index (χ1n) is 37.0. The Bertz CT molecular complexity index is 4930. The summed E-state index contributed by atoms with van der Waals surface area (Å²) in [5.74, 6) is 0.420. The van der Waals surface area contributed by atoms with Crippen LogP contribution in [0.2, 0.25) is 0 Å². The maximum absolute atomic E-state index is 11.9. The van der Waals surface area contributed by atoms with E-state index < -0.39 is 14.8 Å². The van der Waals surface area contributed by atoms with Crippen LogP contribution >= 0.6 is 0 Å². The van der Waals surface area contributed by atoms with Gasteiger partial charge in [0.05, 0.1) is 107 Å². The Morgan fingerprint density at radius 3 is 0.825 bits per heavy atom. The van der Waals surface area contributed by atoms with Crippen LogP contribution < -0.4 is 28.9 Å². The zero-order valence-corrected chi connectivity index (χ0v) is 64.2. The van der Waals surface area contributed by atoms with Crippen LogP contribution in [0.25, 0.3) is 62.7 Å². The smallest absolute Gasteiger partial charge is 0.273 e. The highest BCUT2D eigenvalue weighted by atomic mass is 16.6. The Labute approximate surface area is 680 Å². The molecule has 0 spiro atoms. The van der Waals surface area contributed by atoms with Gasteiger partial charge in [-0.3, -0.25) is 30.3 Å². The summed E-state index contributed by atoms with van der Waals surface area (Å²) in [5, 5.41) is 110. The van der Waals surface area contributed by atoms with Gasteiger partial charge >= 0.3 is 0 Å². The van der Waals surface area contributed by atoms with E-state index in [0.29, 0.717) is 132 Å². The van der Waals surface area contributed by atoms with Crippen LogP contribution in [-0.2, 0) is 38.9 Å². The van der Waals surface area contributed by atoms with Gasteiger partial charge in [-0.2, -0.15) is 15.3 Å². The molecular formula is C72H75N39O9. The number of non-ortho nitro benzene ring substituents is 3. The van der Waals surface area contributed by atoms with Crippen molar-refractivity contribution >= 4 is 68.2 Å². The number of aryl methyl sites for hydroxylation is 3. The lowest BCUT2D eigenvalue weighted by Crippen LogP contribution is -2.28. The van der Waals surface area contributed by atoms with Crippen molar-refractivity contribution in [1.29, 1.82) is 0 Å². The Kier molecular flexibility index (Phi) is 33.1. The van der Waals surface area contributed by atoms with Gasteiger partial charge in [-0.1, -0.05) is 64.5 Å². The molecule has 0 unspecified atom stereocenters. The third kappa shape index (κ3) is 27.4. The first-order valence-corrected chi connectivity index (χ1v) is 37.0. The van der Waals surface area contributed by atoms with Gasteiger partial charge in [-0.25, -0.2) is 14.0 Å². The Balaban J connectivity index is 0.797. The molecule has 10 aromatic rings. The van der Waals surface area contributed by atoms with E-state index in [1.807, 2.05) is 51.5 Å². The fourth-order valence-electron chi connectivity index (χ4n) is 11.9. The first kappa shape index (κ1) is 86.0. The van der Waals surface area contributed by atoms with Gasteiger partial charge in [0.1, 0.15) is 17.1 Å². The number of nitro benzene ring substituents is 3. The molecule has 48 heteroatoms. The minimum absolute atomic E-state index is 0.124. The molecule has 10 rings (SSSR count). The molecule has 612 valence electrons. The van der Waals surface area contributed by atoms with Crippen molar-refractivity contribution in [3.05, 3.63) is 291 Å². The minimum atomic E-state index is -0.536. The van der Waals surface area contributed by atoms with E-state index in [4.69, 9.17) is 47.4 Å². The van der Waals surface area contributed by atoms with Crippen LogP contribution in [0, 0.1) is 30.3 Å². The zero-order valence-electron chi connectivity index (χ0n) is 64.2. The van der Waals surface area contributed by atoms with E-state index in [0.717, 1.165) is 33.8 Å². The quantitative estimate of drug-likeness (QED) is 0.00853. The lowest BCUT2D eigenvalue weighted by atomic mass is 10.1. The Morgan fingerprint density at radius 1 is 0.342 bits per heavy atom. The number of benzene rings is 7. The molecule has 0 fully saturated rings. The van der Waals surface area contributed by atoms with Crippen LogP contribution in [0.15, 0.2) is 226 Å². The summed E-state index contributed by atoms with van der Waals surface area (Å²) in [7, 11) is 0. The van der Waals surface area contributed by atoms with Gasteiger partial charge in [-0.05, 0) is 179 Å². The first-order chi connectivity index (χ1) is 58.7. The van der Waals surface area contributed by atoms with Gasteiger partial charge in [0.15, 0.2) is 17.2 Å². The summed E-state index contributed by atoms with van der Waals surface area (Å²) in [4.78, 5) is 56.6. The number of ether oxygens (including phenoxy) is 3. The highest BCUT2D eigenvalue weighted by Crippen LogP contribution is 2.37. The largest absolute Gasteiger partial charge is 0.491 e. The number of azide groups is 6. The summed E-state index contributed by atoms with van der Waals surface area (Å²) >= 11 is 0. The van der Waals surface area contributed by atoms with Crippen molar-refractivity contribution in [2.75, 3.05) is 113 Å². The fraction of sp³-hybridized carbons (Fsp3) is 0.333. The second kappa shape index (κ2) is 46.1. The summed E-state index contributed by atoms with van der Waals surface area (Å²) < 4.78 is 23.4. The molecule has 0 bridgehead atoms. The topological polar surface area (TPSA) is 626 Å². The lowest BCUT2D eigenvalue weighted by Gasteiger charge is -2.23. The highest BCUT2D eigenvalue weighted by molar-refractivity contribution is 5.61. The fourth-order valence-corrected chi connectivity index (χ4v) is 11.9. The second-order valence-corrected chi connectivity index (χ2v) is 25.8. The number of hydrogen-bond donors (Lipinski definition) is 0. The predicted octanol–water partition coefficient (Wildman–Crippen LogP) is 17.9. The normalized spacial score (nSPS) is 10.9. The monoisotopic (exact) mass is 1630 g/mol. The molecule has 0 aliphatic carbocycles. The van der Waals surface area contributed by atoms with Crippen molar-refractivity contribution in [2.24, 2.45) is 61.4 Å². The second-order valence-electron chi connectivity index (χ2n) is 25.8. The number of rotatable bonds is 51. The molecule has 0 amide bonds. The van der Waals surface area contributed by atoms with Crippen LogP contribution in [-0.4, -0.2) is 158 Å². The molecule has 48 nitrogen and oxygen atoms in total. The molecule has 0 atom stereocenters. The SMILES string of the molecule is [N-]=[N+]=NCCN(CCN=[N+]=[N-])c1ccc(N=Nc2ccc([N+](=O)[O-])cc2OCCCc2cn(Cc3cc(Cn4cc(CCCOc5cc([N+](=O)[O-])ccc5N=Nc5ccc(N(CCN=[N+]=[N-])CCN=[N+]=[N-])cc5)nn4)cc(Cn4cc(CCCOc5cc([N+](=O)[O-])ccc5N=Nc5ccc(N(CCN=[N+]=[N-])CCN=[N+]=[N-])cc5)nn4)c3)nn2)cc1. The standard InChI is InChI=1S/C72H75N39O9/c73-94-79-25-31-103(32-26-80-95-74)61-13-7-55(8-14-61)85-91-67-22-19-64(109(112)113)43-70(67)118-37-1-4-58-49-106(100-88-58)46-52-40-53(47-107-50-59(89-101-107)5-2-38-119-71-44-65(110(114)115)20-23-68(71)92-86-56-9-15-62(16-10-56)104(33-27-81-96-75)34-28-82-97-76)42-54(41-52)48-108-51-60(90-102-108)6-3-39-120-72-45-66(111(116)117)21-24-69(72)93-87-57-11-17-63(18-12-57)105(35-29-83-98-77)36-30-84-99-78/h7-24,40-45,49-51H,1-6,25-39,46-48H2. The third-order valence-corrected chi connectivity index (χ3v) is 17.5. The summed E-state index contributed by atoms with van der Waals surface area (Å²) in [6.45, 7) is 4.67. The Morgan fingerprint density at radius 2 is 0.592 bits per heavy atom. The molecule has 0 saturated heterocycles. The van der Waals surface area contributed by atoms with E-state index in [1.54, 1.807) is 86.8 Å². The van der Waals surface area contributed by atoms with Gasteiger partial charge in [0.2, 0.25) is 0 Å². The van der Waals surface area contributed by atoms with Crippen molar-refractivity contribution < 1.29 is 29.0 Å². The van der Waals surface area contributed by atoms with Crippen molar-refractivity contribution in [3.63, 3.8) is 0 Å². The minimum Gasteiger partial charge on any atom is -0.491 e. The number of anilines is 3. The van der Waals surface area contributed by atoms with Gasteiger partial charge < -0.3 is 28.9 Å². The van der Waals surface area contributed by atoms with Gasteiger partial charge in [-0.15, -0.1) is 30.6 Å². The van der Waals surface area contributed by atoms with Crippen molar-refractivity contribution in [1.82, 2.24) is 45.0 Å². The molecule has 0 saturated carbocycles. The highest BCUT2D eigenvalue weighted by Gasteiger charge is 2.19. The molecule has 0 aliphatic rings. The lowest BCUT2D eigenvalue weighted by molar-refractivity contribution is -0.385. The van der Waals surface area contributed by atoms with E-state index in [2.05, 4.69) is 122 Å². The van der Waals surface area contributed by atoms with Crippen LogP contribution in [0.4, 0.5) is 68.2 Å². The van der Waals surface area contributed by atoms with E-state index in [9.17, 15) is 30.3 Å². The van der Waals surface area contributed by atoms with Crippen LogP contribution in [0.3, 0.4) is 0 Å². The molecule has 3 aromatic heterocycles. The number of nitro groups is 3. The predicted molar refractivity (Wildman–Crippen MR) is 437 cm³/mol. The van der Waals surface area contributed by atoms with Gasteiger partial charge in [0, 0.05) is 162 Å². The van der Waals surface area contributed by atoms with Gasteiger partial charge in [0.25, 0.3) is 17.1 Å². The maximum atomic E-state index is 11.9. The van der Waals surface area contributed by atoms with Crippen molar-refractivity contribution in [3.8, 4) is 17.2 Å². The number of nitrogens with zero attached hydrogens (tertiary/aromatic N) is 39. The molecule has 0 radical (unpaired) electrons. The molecule has 7 aromatic carbocycles. The Hall–Kier alpha value is -16.4. The summed E-state index contributed by atoms with van der Waals surface area (Å²) in [6, 6.07) is 39.2. The summed E-state index contributed by atoms with van der Waals surface area (Å²) in [6.07, 6.45) is 8.03. The maximum Gasteiger partial charge on any atom is 0.273 e. The number of hydrogen-bond acceptors (Lipinski definition) is 30. The zero-order chi connectivity index (χ0) is 84.5. The number of aromatic nitrogens is 9. The van der Waals surface area contributed by atoms with E-state index in [1.165, 1.54) is 54.6 Å². The average molecular weight is 1630 g/mol. The molecule has 3 heterocycles. The molecule has 0 aliphatic heterocycles. The number of azo groups is 3. The third-order valence-electron chi connectivity index (χ3n) is 17.5. The summed E-state index contributed by atoms with van der Waals surface area (Å²) in [5.41, 5.74) is 61.0. The molecule has 120 heavy (non-hydrogen) atoms. The molecular weight excluding hydrogens is 1560 g/mol. The average Bonchev–Trinajstić information content (AvgIpc) is 1.69. The molecule has 0 N–H and O–H groups in total. The van der Waals surface area contributed by atoms with E-state index >= 15 is 0 Å². The van der Waals surface area contributed by atoms with Crippen LogP contribution in [0.5, 0.6) is 17.2 Å². The van der Waals surface area contributed by atoms with Crippen LogP contribution in [0.1, 0.15) is 53.0 Å². The van der Waals surface area contributed by atoms with E-state index in [-0.39, 0.29) is 110 Å².